The van der Waals surface area contributed by atoms with E-state index in [1.54, 1.807) is 19.9 Å². The van der Waals surface area contributed by atoms with Crippen molar-refractivity contribution in [1.29, 1.82) is 0 Å². The van der Waals surface area contributed by atoms with Crippen LogP contribution in [0.2, 0.25) is 0 Å². The molecule has 5 atom stereocenters. The topological polar surface area (TPSA) is 101 Å². The molecule has 0 spiro atoms. The summed E-state index contributed by atoms with van der Waals surface area (Å²) in [7, 11) is 0. The minimum absolute atomic E-state index is 0.0135. The van der Waals surface area contributed by atoms with Crippen molar-refractivity contribution in [3.63, 3.8) is 0 Å². The molecule has 0 aromatic carbocycles. The van der Waals surface area contributed by atoms with Crippen LogP contribution in [-0.4, -0.2) is 40.0 Å². The van der Waals surface area contributed by atoms with Crippen molar-refractivity contribution in [3.8, 4) is 0 Å². The minimum Gasteiger partial charge on any atom is -0.432 e. The van der Waals surface area contributed by atoms with Crippen molar-refractivity contribution >= 4 is 17.5 Å². The number of rotatable bonds is 6. The fourth-order valence-electron chi connectivity index (χ4n) is 4.72. The SMILES string of the molecule is CC(=O)C[C@@H]1C(=O)[C@@](O)(CO)[C@@H]2CC[C@@](C)(C2)[C@H]1/C=C/OC(=O)C=C(C)C. The third kappa shape index (κ3) is 4.38. The van der Waals surface area contributed by atoms with E-state index in [4.69, 9.17) is 4.74 Å². The Labute approximate surface area is 160 Å². The normalized spacial score (nSPS) is 35.8. The lowest BCUT2D eigenvalue weighted by Gasteiger charge is -2.37. The predicted molar refractivity (Wildman–Crippen MR) is 99.4 cm³/mol. The summed E-state index contributed by atoms with van der Waals surface area (Å²) in [4.78, 5) is 36.7. The van der Waals surface area contributed by atoms with Crippen molar-refractivity contribution < 1.29 is 29.3 Å². The Morgan fingerprint density at radius 3 is 2.52 bits per heavy atom. The van der Waals surface area contributed by atoms with Crippen LogP contribution in [0.4, 0.5) is 0 Å². The molecule has 0 saturated heterocycles. The van der Waals surface area contributed by atoms with Gasteiger partial charge in [0.15, 0.2) is 5.78 Å². The average molecular weight is 378 g/mol. The first-order valence-corrected chi connectivity index (χ1v) is 9.42. The summed E-state index contributed by atoms with van der Waals surface area (Å²) in [5, 5.41) is 20.7. The van der Waals surface area contributed by atoms with Gasteiger partial charge in [0.25, 0.3) is 0 Å². The third-order valence-corrected chi connectivity index (χ3v) is 6.08. The number of ketones is 2. The number of carbonyl (C=O) groups is 3. The maximum atomic E-state index is 13.1. The molecule has 0 radical (unpaired) electrons. The van der Waals surface area contributed by atoms with E-state index in [1.807, 2.05) is 6.92 Å². The van der Waals surface area contributed by atoms with Gasteiger partial charge in [0.1, 0.15) is 11.4 Å². The lowest BCUT2D eigenvalue weighted by Crippen LogP contribution is -2.51. The molecule has 0 aliphatic heterocycles. The Balaban J connectivity index is 2.38. The Kier molecular flexibility index (Phi) is 6.43. The van der Waals surface area contributed by atoms with Gasteiger partial charge in [0, 0.05) is 18.4 Å². The van der Waals surface area contributed by atoms with Crippen LogP contribution in [0.25, 0.3) is 0 Å². The van der Waals surface area contributed by atoms with Crippen LogP contribution in [0.1, 0.15) is 53.4 Å². The number of ether oxygens (including phenoxy) is 1. The Bertz CT molecular complexity index is 674. The number of hydrogen-bond acceptors (Lipinski definition) is 6. The summed E-state index contributed by atoms with van der Waals surface area (Å²) in [5.74, 6) is -2.60. The third-order valence-electron chi connectivity index (χ3n) is 6.08. The molecule has 0 unspecified atom stereocenters. The second-order valence-electron chi connectivity index (χ2n) is 8.57. The van der Waals surface area contributed by atoms with Gasteiger partial charge < -0.3 is 19.7 Å². The Morgan fingerprint density at radius 2 is 1.96 bits per heavy atom. The molecule has 2 rings (SSSR count). The standard InChI is InChI=1S/C21H30O6/c1-13(2)9-18(24)27-8-6-17-16(10-14(3)23)19(25)21(26,12-22)15-5-7-20(17,4)11-15/h6,8-9,15-17,22,26H,5,7,10-12H2,1-4H3/b8-6+/t15-,16+,17+,20+,21-/m1/s1. The summed E-state index contributed by atoms with van der Waals surface area (Å²) in [6.45, 7) is 6.36. The van der Waals surface area contributed by atoms with E-state index in [0.29, 0.717) is 12.8 Å². The first-order chi connectivity index (χ1) is 12.5. The first-order valence-electron chi connectivity index (χ1n) is 9.42. The summed E-state index contributed by atoms with van der Waals surface area (Å²) in [5.41, 5.74) is -1.33. The smallest absolute Gasteiger partial charge is 0.335 e. The summed E-state index contributed by atoms with van der Waals surface area (Å²) in [6, 6.07) is 0. The molecule has 6 heteroatoms. The zero-order valence-corrected chi connectivity index (χ0v) is 16.5. The summed E-state index contributed by atoms with van der Waals surface area (Å²) < 4.78 is 5.11. The number of esters is 1. The van der Waals surface area contributed by atoms with E-state index in [2.05, 4.69) is 0 Å². The van der Waals surface area contributed by atoms with Crippen molar-refractivity contribution in [2.75, 3.05) is 6.61 Å². The quantitative estimate of drug-likeness (QED) is 0.418. The molecule has 27 heavy (non-hydrogen) atoms. The number of fused-ring (bicyclic) bond motifs is 2. The Hall–Kier alpha value is -1.79. The molecule has 150 valence electrons. The molecule has 2 fully saturated rings. The lowest BCUT2D eigenvalue weighted by atomic mass is 9.67. The minimum atomic E-state index is -1.82. The molecule has 0 heterocycles. The zero-order valence-electron chi connectivity index (χ0n) is 16.5. The van der Waals surface area contributed by atoms with Crippen LogP contribution in [-0.2, 0) is 19.1 Å². The lowest BCUT2D eigenvalue weighted by molar-refractivity contribution is -0.154. The molecule has 2 aliphatic rings. The highest BCUT2D eigenvalue weighted by Gasteiger charge is 2.59. The highest BCUT2D eigenvalue weighted by atomic mass is 16.5. The molecule has 0 aromatic heterocycles. The molecule has 2 aliphatic carbocycles. The molecule has 6 nitrogen and oxygen atoms in total. The fraction of sp³-hybridized carbons (Fsp3) is 0.667. The van der Waals surface area contributed by atoms with E-state index in [9.17, 15) is 24.6 Å². The average Bonchev–Trinajstić information content (AvgIpc) is 2.96. The van der Waals surface area contributed by atoms with E-state index < -0.39 is 29.9 Å². The van der Waals surface area contributed by atoms with Crippen LogP contribution < -0.4 is 0 Å². The van der Waals surface area contributed by atoms with E-state index in [1.165, 1.54) is 19.3 Å². The van der Waals surface area contributed by atoms with Gasteiger partial charge >= 0.3 is 5.97 Å². The second kappa shape index (κ2) is 8.07. The Morgan fingerprint density at radius 1 is 1.30 bits per heavy atom. The molecule has 2 N–H and O–H groups in total. The van der Waals surface area contributed by atoms with Gasteiger partial charge in [-0.05, 0) is 63.4 Å². The first kappa shape index (κ1) is 21.5. The molecule has 0 aromatic rings. The highest BCUT2D eigenvalue weighted by molar-refractivity contribution is 5.94. The van der Waals surface area contributed by atoms with Gasteiger partial charge in [-0.3, -0.25) is 4.79 Å². The van der Waals surface area contributed by atoms with Crippen LogP contribution in [0.15, 0.2) is 24.0 Å². The van der Waals surface area contributed by atoms with Gasteiger partial charge in [-0.25, -0.2) is 4.79 Å². The van der Waals surface area contributed by atoms with Gasteiger partial charge in [-0.15, -0.1) is 0 Å². The number of Topliss-reactive ketones (excluding diaryl/α,β-unsaturated/α-hetero) is 2. The number of hydrogen-bond donors (Lipinski definition) is 2. The van der Waals surface area contributed by atoms with Crippen LogP contribution in [0.3, 0.4) is 0 Å². The van der Waals surface area contributed by atoms with Crippen molar-refractivity contribution in [2.45, 2.75) is 59.0 Å². The maximum Gasteiger partial charge on any atom is 0.335 e. The van der Waals surface area contributed by atoms with Crippen molar-refractivity contribution in [1.82, 2.24) is 0 Å². The van der Waals surface area contributed by atoms with E-state index in [0.717, 1.165) is 12.0 Å². The molecular weight excluding hydrogens is 348 g/mol. The van der Waals surface area contributed by atoms with Crippen LogP contribution in [0.5, 0.6) is 0 Å². The number of allylic oxidation sites excluding steroid dienone is 2. The van der Waals surface area contributed by atoms with Crippen LogP contribution >= 0.6 is 0 Å². The summed E-state index contributed by atoms with van der Waals surface area (Å²) >= 11 is 0. The number of carbonyl (C=O) groups excluding carboxylic acids is 3. The van der Waals surface area contributed by atoms with Gasteiger partial charge in [-0.1, -0.05) is 12.5 Å². The van der Waals surface area contributed by atoms with Crippen molar-refractivity contribution in [2.24, 2.45) is 23.2 Å². The van der Waals surface area contributed by atoms with Gasteiger partial charge in [0.05, 0.1) is 12.9 Å². The van der Waals surface area contributed by atoms with Gasteiger partial charge in [0.2, 0.25) is 0 Å². The van der Waals surface area contributed by atoms with Crippen LogP contribution in [0, 0.1) is 23.2 Å². The highest BCUT2D eigenvalue weighted by Crippen LogP contribution is 2.57. The number of aliphatic hydroxyl groups excluding tert-OH is 1. The molecular formula is C21H30O6. The largest absolute Gasteiger partial charge is 0.432 e. The predicted octanol–water partition coefficient (Wildman–Crippen LogP) is 2.33. The van der Waals surface area contributed by atoms with E-state index in [-0.39, 0.29) is 29.5 Å². The zero-order chi connectivity index (χ0) is 20.4. The molecule has 0 amide bonds. The van der Waals surface area contributed by atoms with E-state index >= 15 is 0 Å². The molecule has 2 bridgehead atoms. The number of aliphatic hydroxyl groups is 2. The fourth-order valence-corrected chi connectivity index (χ4v) is 4.72. The monoisotopic (exact) mass is 378 g/mol. The van der Waals surface area contributed by atoms with Gasteiger partial charge in [-0.2, -0.15) is 0 Å². The van der Waals surface area contributed by atoms with Crippen molar-refractivity contribution in [3.05, 3.63) is 24.0 Å². The maximum absolute atomic E-state index is 13.1. The second-order valence-corrected chi connectivity index (χ2v) is 8.57. The summed E-state index contributed by atoms with van der Waals surface area (Å²) in [6.07, 6.45) is 6.28. The molecule has 2 saturated carbocycles.